The molecule has 102 valence electrons. The molecule has 1 heterocycles. The highest BCUT2D eigenvalue weighted by Crippen LogP contribution is 2.09. The van der Waals surface area contributed by atoms with Crippen LogP contribution in [0, 0.1) is 6.92 Å². The number of rotatable bonds is 5. The van der Waals surface area contributed by atoms with E-state index in [1.807, 2.05) is 18.2 Å². The molecule has 0 unspecified atom stereocenters. The molecule has 0 fully saturated rings. The summed E-state index contributed by atoms with van der Waals surface area (Å²) >= 11 is 0. The molecule has 2 heteroatoms. The van der Waals surface area contributed by atoms with Gasteiger partial charge in [0.05, 0.1) is 6.54 Å². The van der Waals surface area contributed by atoms with Gasteiger partial charge in [0.1, 0.15) is 0 Å². The van der Waals surface area contributed by atoms with Crippen molar-refractivity contribution in [2.24, 2.45) is 5.73 Å². The van der Waals surface area contributed by atoms with E-state index in [0.29, 0.717) is 6.54 Å². The van der Waals surface area contributed by atoms with E-state index in [9.17, 15) is 0 Å². The van der Waals surface area contributed by atoms with Gasteiger partial charge in [-0.3, -0.25) is 0 Å². The second-order valence-corrected chi connectivity index (χ2v) is 4.77. The molecule has 2 rings (SSSR count). The van der Waals surface area contributed by atoms with Gasteiger partial charge in [-0.25, -0.2) is 0 Å². The number of aryl methyl sites for hydroxylation is 1. The summed E-state index contributed by atoms with van der Waals surface area (Å²) in [4.78, 5) is 0. The Balaban J connectivity index is 2.35. The average Bonchev–Trinajstić information content (AvgIpc) is 2.46. The Kier molecular flexibility index (Phi) is 4.85. The predicted octanol–water partition coefficient (Wildman–Crippen LogP) is 3.05. The summed E-state index contributed by atoms with van der Waals surface area (Å²) in [6.45, 7) is 7.36. The van der Waals surface area contributed by atoms with E-state index >= 15 is 0 Å². The first-order chi connectivity index (χ1) is 9.74. The Morgan fingerprint density at radius 2 is 1.85 bits per heavy atom. The lowest BCUT2D eigenvalue weighted by atomic mass is 10.1. The van der Waals surface area contributed by atoms with Gasteiger partial charge in [0.2, 0.25) is 11.4 Å². The van der Waals surface area contributed by atoms with Crippen LogP contribution in [0.4, 0.5) is 0 Å². The smallest absolute Gasteiger partial charge is 0.205 e. The van der Waals surface area contributed by atoms with Crippen LogP contribution in [-0.2, 0) is 6.54 Å². The molecular weight excluding hydrogens is 244 g/mol. The lowest BCUT2D eigenvalue weighted by Crippen LogP contribution is -2.43. The van der Waals surface area contributed by atoms with Crippen molar-refractivity contribution in [2.45, 2.75) is 13.5 Å². The summed E-state index contributed by atoms with van der Waals surface area (Å²) in [7, 11) is 0. The zero-order valence-corrected chi connectivity index (χ0v) is 11.9. The Morgan fingerprint density at radius 1 is 1.10 bits per heavy atom. The number of nitrogens with two attached hydrogens (primary N) is 1. The normalized spacial score (nSPS) is 10.9. The quantitative estimate of drug-likeness (QED) is 0.827. The van der Waals surface area contributed by atoms with Gasteiger partial charge in [-0.1, -0.05) is 36.4 Å². The minimum absolute atomic E-state index is 0.612. The Hall–Kier alpha value is -2.19. The number of hydrogen-bond donors (Lipinski definition) is 1. The largest absolute Gasteiger partial charge is 0.325 e. The van der Waals surface area contributed by atoms with Gasteiger partial charge in [0.25, 0.3) is 0 Å². The average molecular weight is 265 g/mol. The molecule has 0 saturated heterocycles. The third-order valence-corrected chi connectivity index (χ3v) is 3.21. The van der Waals surface area contributed by atoms with Crippen molar-refractivity contribution in [1.82, 2.24) is 0 Å². The van der Waals surface area contributed by atoms with Crippen LogP contribution < -0.4 is 10.3 Å². The molecule has 2 aromatic rings. The van der Waals surface area contributed by atoms with Crippen LogP contribution in [0.15, 0.2) is 49.0 Å². The fraction of sp³-hybridized carbons (Fsp3) is 0.167. The maximum Gasteiger partial charge on any atom is 0.205 e. The molecule has 0 bridgehead atoms. The van der Waals surface area contributed by atoms with Crippen LogP contribution in [0.2, 0.25) is 0 Å². The SMILES string of the molecule is C=Cc1cccc(/C=C/c2cccc(C)c2)[n+]1CCN. The molecule has 0 aliphatic heterocycles. The van der Waals surface area contributed by atoms with E-state index in [1.165, 1.54) is 11.1 Å². The predicted molar refractivity (Wildman–Crippen MR) is 85.9 cm³/mol. The molecule has 0 aliphatic rings. The van der Waals surface area contributed by atoms with Crippen LogP contribution >= 0.6 is 0 Å². The minimum atomic E-state index is 0.612. The van der Waals surface area contributed by atoms with Crippen LogP contribution in [0.5, 0.6) is 0 Å². The zero-order valence-electron chi connectivity index (χ0n) is 11.9. The number of pyridine rings is 1. The fourth-order valence-electron chi connectivity index (χ4n) is 2.24. The van der Waals surface area contributed by atoms with Gasteiger partial charge >= 0.3 is 0 Å². The molecule has 2 nitrogen and oxygen atoms in total. The van der Waals surface area contributed by atoms with Gasteiger partial charge in [-0.15, -0.1) is 0 Å². The second-order valence-electron chi connectivity index (χ2n) is 4.77. The molecule has 2 N–H and O–H groups in total. The van der Waals surface area contributed by atoms with Crippen molar-refractivity contribution in [3.63, 3.8) is 0 Å². The van der Waals surface area contributed by atoms with Gasteiger partial charge in [0.15, 0.2) is 6.54 Å². The molecule has 1 aromatic heterocycles. The van der Waals surface area contributed by atoms with Crippen molar-refractivity contribution in [1.29, 1.82) is 0 Å². The van der Waals surface area contributed by atoms with Gasteiger partial charge < -0.3 is 5.73 Å². The highest BCUT2D eigenvalue weighted by atomic mass is 15.0. The monoisotopic (exact) mass is 265 g/mol. The summed E-state index contributed by atoms with van der Waals surface area (Å²) in [6, 6.07) is 14.6. The molecule has 0 aliphatic carbocycles. The summed E-state index contributed by atoms with van der Waals surface area (Å²) in [6.07, 6.45) is 6.11. The van der Waals surface area contributed by atoms with Crippen LogP contribution in [0.25, 0.3) is 18.2 Å². The van der Waals surface area contributed by atoms with Crippen LogP contribution in [0.1, 0.15) is 22.5 Å². The second kappa shape index (κ2) is 6.83. The first kappa shape index (κ1) is 14.2. The van der Waals surface area contributed by atoms with Gasteiger partial charge in [-0.05, 0) is 24.6 Å². The van der Waals surface area contributed by atoms with Crippen molar-refractivity contribution in [2.75, 3.05) is 6.54 Å². The van der Waals surface area contributed by atoms with Gasteiger partial charge in [-0.2, -0.15) is 4.57 Å². The van der Waals surface area contributed by atoms with E-state index in [4.69, 9.17) is 5.73 Å². The Labute approximate surface area is 120 Å². The molecule has 0 amide bonds. The van der Waals surface area contributed by atoms with Crippen molar-refractivity contribution >= 4 is 18.2 Å². The summed E-state index contributed by atoms with van der Waals surface area (Å²) in [5.74, 6) is 0. The number of benzene rings is 1. The van der Waals surface area contributed by atoms with Crippen LogP contribution in [-0.4, -0.2) is 6.54 Å². The summed E-state index contributed by atoms with van der Waals surface area (Å²) < 4.78 is 2.18. The van der Waals surface area contributed by atoms with Crippen molar-refractivity contribution in [3.05, 3.63) is 71.6 Å². The minimum Gasteiger partial charge on any atom is -0.325 e. The number of nitrogens with zero attached hydrogens (tertiary/aromatic N) is 1. The first-order valence-corrected chi connectivity index (χ1v) is 6.84. The maximum absolute atomic E-state index is 5.70. The maximum atomic E-state index is 5.70. The van der Waals surface area contributed by atoms with Crippen molar-refractivity contribution in [3.8, 4) is 0 Å². The fourth-order valence-corrected chi connectivity index (χ4v) is 2.24. The topological polar surface area (TPSA) is 29.9 Å². The Bertz CT molecular complexity index is 627. The highest BCUT2D eigenvalue weighted by molar-refractivity contribution is 5.67. The molecule has 20 heavy (non-hydrogen) atoms. The van der Waals surface area contributed by atoms with E-state index in [1.54, 1.807) is 0 Å². The molecule has 0 atom stereocenters. The van der Waals surface area contributed by atoms with Crippen molar-refractivity contribution < 1.29 is 4.57 Å². The zero-order chi connectivity index (χ0) is 14.4. The third-order valence-electron chi connectivity index (χ3n) is 3.21. The van der Waals surface area contributed by atoms with E-state index in [0.717, 1.165) is 17.9 Å². The molecule has 0 radical (unpaired) electrons. The van der Waals surface area contributed by atoms with E-state index in [-0.39, 0.29) is 0 Å². The lowest BCUT2D eigenvalue weighted by molar-refractivity contribution is -0.697. The molecule has 0 saturated carbocycles. The highest BCUT2D eigenvalue weighted by Gasteiger charge is 2.10. The first-order valence-electron chi connectivity index (χ1n) is 6.84. The number of hydrogen-bond acceptors (Lipinski definition) is 1. The molecule has 0 spiro atoms. The third kappa shape index (κ3) is 3.43. The number of aromatic nitrogens is 1. The summed E-state index contributed by atoms with van der Waals surface area (Å²) in [5, 5.41) is 0. The Morgan fingerprint density at radius 3 is 2.55 bits per heavy atom. The van der Waals surface area contributed by atoms with E-state index in [2.05, 4.69) is 60.6 Å². The molecule has 1 aromatic carbocycles. The lowest BCUT2D eigenvalue weighted by Gasteiger charge is -2.03. The van der Waals surface area contributed by atoms with Crippen LogP contribution in [0.3, 0.4) is 0 Å². The standard InChI is InChI=1S/C18H21N2/c1-3-17-8-5-9-18(20(17)13-12-19)11-10-16-7-4-6-15(2)14-16/h3-11,14H,1,12-13,19H2,2H3/q+1/b11-10+. The summed E-state index contributed by atoms with van der Waals surface area (Å²) in [5.41, 5.74) is 10.4. The van der Waals surface area contributed by atoms with Gasteiger partial charge in [0, 0.05) is 24.3 Å². The molecular formula is C18H21N2+. The van der Waals surface area contributed by atoms with E-state index < -0.39 is 0 Å².